The van der Waals surface area contributed by atoms with Gasteiger partial charge < -0.3 is 15.0 Å². The van der Waals surface area contributed by atoms with Crippen LogP contribution in [0.2, 0.25) is 0 Å². The van der Waals surface area contributed by atoms with Crippen molar-refractivity contribution in [3.05, 3.63) is 30.1 Å². The van der Waals surface area contributed by atoms with E-state index in [9.17, 15) is 9.18 Å². The number of halogens is 1. The molecule has 0 radical (unpaired) electrons. The van der Waals surface area contributed by atoms with Gasteiger partial charge in [0.05, 0.1) is 19.1 Å². The summed E-state index contributed by atoms with van der Waals surface area (Å²) >= 11 is 0. The summed E-state index contributed by atoms with van der Waals surface area (Å²) in [5, 5.41) is 3.09. The molecule has 0 aliphatic carbocycles. The number of hydrogen-bond donors (Lipinski definition) is 1. The number of carbonyl (C=O) groups excluding carboxylic acids is 1. The minimum Gasteiger partial charge on any atom is -0.379 e. The van der Waals surface area contributed by atoms with E-state index in [2.05, 4.69) is 5.32 Å². The smallest absolute Gasteiger partial charge is 0.234 e. The van der Waals surface area contributed by atoms with Gasteiger partial charge in [-0.05, 0) is 32.2 Å². The van der Waals surface area contributed by atoms with Crippen molar-refractivity contribution in [3.63, 3.8) is 0 Å². The molecule has 1 aromatic carbocycles. The summed E-state index contributed by atoms with van der Waals surface area (Å²) in [5.41, 5.74) is 0.592. The summed E-state index contributed by atoms with van der Waals surface area (Å²) in [6.07, 6.45) is 0. The van der Waals surface area contributed by atoms with Crippen LogP contribution >= 0.6 is 0 Å². The van der Waals surface area contributed by atoms with Crippen molar-refractivity contribution in [1.82, 2.24) is 5.32 Å². The molecule has 1 fully saturated rings. The van der Waals surface area contributed by atoms with E-state index in [1.54, 1.807) is 17.0 Å². The van der Waals surface area contributed by atoms with Gasteiger partial charge in [-0.15, -0.1) is 0 Å². The van der Waals surface area contributed by atoms with Crippen molar-refractivity contribution in [3.8, 4) is 0 Å². The van der Waals surface area contributed by atoms with Crippen molar-refractivity contribution in [2.75, 3.05) is 31.7 Å². The fraction of sp³-hybridized carbons (Fsp3) is 0.500. The zero-order valence-electron chi connectivity index (χ0n) is 11.2. The molecule has 1 aliphatic rings. The zero-order chi connectivity index (χ0) is 13.8. The van der Waals surface area contributed by atoms with E-state index in [1.807, 2.05) is 14.0 Å². The molecule has 5 heteroatoms. The summed E-state index contributed by atoms with van der Waals surface area (Å²) in [4.78, 5) is 14.1. The van der Waals surface area contributed by atoms with E-state index in [0.29, 0.717) is 25.4 Å². The van der Waals surface area contributed by atoms with Gasteiger partial charge in [-0.25, -0.2) is 4.39 Å². The van der Waals surface area contributed by atoms with Crippen LogP contribution < -0.4 is 10.2 Å². The number of hydrogen-bond acceptors (Lipinski definition) is 3. The Balaban J connectivity index is 2.19. The Morgan fingerprint density at radius 2 is 2.32 bits per heavy atom. The molecular weight excluding hydrogens is 247 g/mol. The molecule has 1 aliphatic heterocycles. The third-order valence-corrected chi connectivity index (χ3v) is 3.47. The molecule has 1 aromatic rings. The molecule has 1 amide bonds. The normalized spacial score (nSPS) is 22.5. The first-order valence-electron chi connectivity index (χ1n) is 6.49. The average Bonchev–Trinajstić information content (AvgIpc) is 2.87. The van der Waals surface area contributed by atoms with Crippen LogP contribution in [0.25, 0.3) is 0 Å². The number of nitrogens with one attached hydrogen (secondary N) is 1. The second kappa shape index (κ2) is 6.12. The van der Waals surface area contributed by atoms with Gasteiger partial charge in [0.15, 0.2) is 0 Å². The fourth-order valence-corrected chi connectivity index (χ4v) is 2.39. The number of ether oxygens (including phenoxy) is 1. The molecule has 1 saturated heterocycles. The third-order valence-electron chi connectivity index (χ3n) is 3.47. The molecule has 0 saturated carbocycles. The molecule has 0 bridgehead atoms. The van der Waals surface area contributed by atoms with Crippen molar-refractivity contribution < 1.29 is 13.9 Å². The summed E-state index contributed by atoms with van der Waals surface area (Å²) in [5.74, 6) is -0.574. The summed E-state index contributed by atoms with van der Waals surface area (Å²) in [6.45, 7) is 3.34. The number of nitrogens with zero attached hydrogens (tertiary/aromatic N) is 1. The first-order valence-corrected chi connectivity index (χ1v) is 6.49. The standard InChI is InChI=1S/C14H19FN2O2/c1-3-17(11-6-4-5-10(15)7-11)14(18)12-8-19-9-13(12)16-2/h4-7,12-13,16H,3,8-9H2,1-2H3. The molecule has 1 heterocycles. The molecule has 0 aromatic heterocycles. The summed E-state index contributed by atoms with van der Waals surface area (Å²) in [6, 6.07) is 6.13. The van der Waals surface area contributed by atoms with E-state index >= 15 is 0 Å². The predicted octanol–water partition coefficient (Wildman–Crippen LogP) is 1.41. The summed E-state index contributed by atoms with van der Waals surface area (Å²) < 4.78 is 18.6. The quantitative estimate of drug-likeness (QED) is 0.896. The van der Waals surface area contributed by atoms with Gasteiger partial charge in [0.25, 0.3) is 0 Å². The fourth-order valence-electron chi connectivity index (χ4n) is 2.39. The van der Waals surface area contributed by atoms with E-state index in [-0.39, 0.29) is 23.7 Å². The lowest BCUT2D eigenvalue weighted by molar-refractivity contribution is -0.122. The van der Waals surface area contributed by atoms with Crippen molar-refractivity contribution in [2.24, 2.45) is 5.92 Å². The van der Waals surface area contributed by atoms with Crippen molar-refractivity contribution >= 4 is 11.6 Å². The number of rotatable bonds is 4. The Labute approximate surface area is 112 Å². The van der Waals surface area contributed by atoms with Crippen LogP contribution in [-0.2, 0) is 9.53 Å². The van der Waals surface area contributed by atoms with Crippen LogP contribution in [0.4, 0.5) is 10.1 Å². The van der Waals surface area contributed by atoms with Gasteiger partial charge in [0.1, 0.15) is 5.82 Å². The Hall–Kier alpha value is -1.46. The minimum atomic E-state index is -0.336. The lowest BCUT2D eigenvalue weighted by atomic mass is 10.0. The molecule has 104 valence electrons. The highest BCUT2D eigenvalue weighted by molar-refractivity contribution is 5.95. The van der Waals surface area contributed by atoms with Crippen molar-refractivity contribution in [1.29, 1.82) is 0 Å². The van der Waals surface area contributed by atoms with Crippen molar-refractivity contribution in [2.45, 2.75) is 13.0 Å². The first kappa shape index (κ1) is 14.0. The molecule has 0 spiro atoms. The van der Waals surface area contributed by atoms with Crippen LogP contribution in [0.5, 0.6) is 0 Å². The van der Waals surface area contributed by atoms with Crippen LogP contribution in [0.1, 0.15) is 6.92 Å². The molecule has 2 unspecified atom stereocenters. The Morgan fingerprint density at radius 3 is 2.95 bits per heavy atom. The molecule has 4 nitrogen and oxygen atoms in total. The average molecular weight is 266 g/mol. The molecule has 2 rings (SSSR count). The van der Waals surface area contributed by atoms with Crippen LogP contribution in [-0.4, -0.2) is 38.8 Å². The maximum Gasteiger partial charge on any atom is 0.234 e. The Bertz CT molecular complexity index is 453. The largest absolute Gasteiger partial charge is 0.379 e. The number of amides is 1. The Kier molecular flexibility index (Phi) is 4.50. The summed E-state index contributed by atoms with van der Waals surface area (Å²) in [7, 11) is 1.82. The molecule has 1 N–H and O–H groups in total. The lowest BCUT2D eigenvalue weighted by Crippen LogP contribution is -2.45. The van der Waals surface area contributed by atoms with Crippen LogP contribution in [0.15, 0.2) is 24.3 Å². The number of carbonyl (C=O) groups is 1. The minimum absolute atomic E-state index is 0.0232. The first-order chi connectivity index (χ1) is 9.17. The van der Waals surface area contributed by atoms with Gasteiger partial charge in [-0.2, -0.15) is 0 Å². The second-order valence-electron chi connectivity index (χ2n) is 4.60. The molecule has 19 heavy (non-hydrogen) atoms. The predicted molar refractivity (Wildman–Crippen MR) is 71.6 cm³/mol. The van der Waals surface area contributed by atoms with Gasteiger partial charge in [-0.3, -0.25) is 4.79 Å². The maximum absolute atomic E-state index is 13.3. The van der Waals surface area contributed by atoms with Gasteiger partial charge in [0.2, 0.25) is 5.91 Å². The number of benzene rings is 1. The third kappa shape index (κ3) is 2.93. The maximum atomic E-state index is 13.3. The van der Waals surface area contributed by atoms with Gasteiger partial charge in [0, 0.05) is 18.3 Å². The van der Waals surface area contributed by atoms with E-state index in [1.165, 1.54) is 12.1 Å². The Morgan fingerprint density at radius 1 is 1.53 bits per heavy atom. The molecular formula is C14H19FN2O2. The lowest BCUT2D eigenvalue weighted by Gasteiger charge is -2.26. The van der Waals surface area contributed by atoms with Gasteiger partial charge in [-0.1, -0.05) is 6.07 Å². The van der Waals surface area contributed by atoms with E-state index in [0.717, 1.165) is 0 Å². The molecule has 2 atom stereocenters. The van der Waals surface area contributed by atoms with E-state index in [4.69, 9.17) is 4.74 Å². The van der Waals surface area contributed by atoms with Gasteiger partial charge >= 0.3 is 0 Å². The zero-order valence-corrected chi connectivity index (χ0v) is 11.2. The highest BCUT2D eigenvalue weighted by Gasteiger charge is 2.35. The SMILES string of the molecule is CCN(C(=O)C1COCC1NC)c1cccc(F)c1. The number of anilines is 1. The van der Waals surface area contributed by atoms with E-state index < -0.39 is 0 Å². The number of likely N-dealkylation sites (N-methyl/N-ethyl adjacent to an activating group) is 1. The highest BCUT2D eigenvalue weighted by Crippen LogP contribution is 2.22. The topological polar surface area (TPSA) is 41.6 Å². The van der Waals surface area contributed by atoms with Crippen LogP contribution in [0.3, 0.4) is 0 Å². The monoisotopic (exact) mass is 266 g/mol. The highest BCUT2D eigenvalue weighted by atomic mass is 19.1. The van der Waals surface area contributed by atoms with Crippen LogP contribution in [0, 0.1) is 11.7 Å². The second-order valence-corrected chi connectivity index (χ2v) is 4.60.